The molecule has 21 nitrogen and oxygen atoms in total. The summed E-state index contributed by atoms with van der Waals surface area (Å²) < 4.78 is 62.0. The van der Waals surface area contributed by atoms with Crippen LogP contribution in [0.2, 0.25) is 0 Å². The third kappa shape index (κ3) is 54.4. The Kier molecular flexibility index (Phi) is 68.7. The topological polar surface area (TPSA) is 293 Å². The summed E-state index contributed by atoms with van der Waals surface area (Å²) in [5, 5.41) is 70.1. The lowest BCUT2D eigenvalue weighted by Crippen LogP contribution is -2.66. The molecule has 2 fully saturated rings. The number of hydrogen-bond acceptors (Lipinski definition) is 19. The molecule has 0 saturated carbocycles. The first-order valence-corrected chi connectivity index (χ1v) is 37.2. The van der Waals surface area contributed by atoms with Crippen LogP contribution in [-0.2, 0) is 56.9 Å². The molecule has 10 atom stereocenters. The van der Waals surface area contributed by atoms with Crippen LogP contribution in [0, 0.1) is 11.5 Å². The van der Waals surface area contributed by atoms with Crippen molar-refractivity contribution >= 4 is 12.1 Å². The number of methoxy groups -OCH3 is 2. The van der Waals surface area contributed by atoms with Gasteiger partial charge in [0.15, 0.2) is 12.6 Å². The number of rotatable bonds is 61. The Morgan fingerprint density at radius 1 is 0.454 bits per heavy atom. The molecule has 21 heteroatoms. The number of carbonyl (C=O) groups is 2. The molecule has 2 rings (SSSR count). The molecule has 0 bridgehead atoms. The van der Waals surface area contributed by atoms with E-state index in [1.807, 2.05) is 0 Å². The quantitative estimate of drug-likeness (QED) is 0.0169. The number of allylic oxidation sites excluding steroid dienone is 12. The fourth-order valence-electron chi connectivity index (χ4n) is 10.7. The number of nitrogens with zero attached hydrogens (tertiary/aromatic N) is 1. The maximum absolute atomic E-state index is 12.2. The van der Waals surface area contributed by atoms with Crippen LogP contribution in [0.15, 0.2) is 72.9 Å². The van der Waals surface area contributed by atoms with Gasteiger partial charge in [-0.05, 0) is 116 Å². The highest BCUT2D eigenvalue weighted by Crippen LogP contribution is 2.33. The summed E-state index contributed by atoms with van der Waals surface area (Å²) in [6.07, 6.45) is 56.1. The molecule has 0 radical (unpaired) electrons. The molecule has 0 aromatic heterocycles. The highest BCUT2D eigenvalue weighted by Gasteiger charge is 2.53. The van der Waals surface area contributed by atoms with Crippen LogP contribution in [0.3, 0.4) is 0 Å². The van der Waals surface area contributed by atoms with Gasteiger partial charge in [-0.2, -0.15) is 5.26 Å². The smallest absolute Gasteiger partial charge is 0.407 e. The van der Waals surface area contributed by atoms with Gasteiger partial charge in [0.05, 0.1) is 59.5 Å². The molecule has 1 amide bonds. The molecule has 0 spiro atoms. The van der Waals surface area contributed by atoms with Crippen molar-refractivity contribution < 1.29 is 92.3 Å². The summed E-state index contributed by atoms with van der Waals surface area (Å²) in [7, 11) is 2.75. The summed E-state index contributed by atoms with van der Waals surface area (Å²) >= 11 is 0. The van der Waals surface area contributed by atoms with Crippen molar-refractivity contribution in [3.05, 3.63) is 72.9 Å². The van der Waals surface area contributed by atoms with Gasteiger partial charge in [0.2, 0.25) is 0 Å². The van der Waals surface area contributed by atoms with Crippen LogP contribution in [0.1, 0.15) is 239 Å². The molecule has 4 unspecified atom stereocenters. The fourth-order valence-corrected chi connectivity index (χ4v) is 10.7. The van der Waals surface area contributed by atoms with E-state index in [2.05, 4.69) is 104 Å². The van der Waals surface area contributed by atoms with Crippen LogP contribution >= 0.6 is 0 Å². The molecule has 2 saturated heterocycles. The number of aliphatic hydroxyl groups is 5. The number of carboxylic acid groups (broad SMARTS) is 1. The number of carboxylic acids is 1. The van der Waals surface area contributed by atoms with Crippen molar-refractivity contribution in [1.82, 2.24) is 5.32 Å². The van der Waals surface area contributed by atoms with E-state index in [0.717, 1.165) is 83.5 Å². The number of hydrogen-bond donors (Lipinski definition) is 7. The van der Waals surface area contributed by atoms with Gasteiger partial charge in [-0.15, -0.1) is 0 Å². The van der Waals surface area contributed by atoms with E-state index in [-0.39, 0.29) is 66.1 Å². The third-order valence-corrected chi connectivity index (χ3v) is 16.1. The average Bonchev–Trinajstić information content (AvgIpc) is 0.785. The van der Waals surface area contributed by atoms with Crippen LogP contribution in [0.25, 0.3) is 0 Å². The van der Waals surface area contributed by atoms with E-state index in [9.17, 15) is 35.1 Å². The standard InChI is InChI=1S/C40H73NO16.C18H31NO.C18H32O2/c1-4-5-6-7-8-9-10-11-12-13-14-15-16-17-18-19-41-40(47)54-27-26-51-29-31-35(37(53-25-22-44)32(45)38(49-3)55-31)57-39-33(46)36(52-24-21-43)34(48-2)30(56-39)28-50-23-20-42;1-2-3-4-5-6-7-8-9-10-11-12-13-14-15-16-17-20-18-19;1-2-3-4-5-6-7-8-9-10-11-12-13-14-15-16-17-18(19)20/h8-9,11-12,30-39,42-46H,4-7,10,13-29H2,1-3H3,(H,41,47);6-7,9-10H,2-5,8,11-17H2,1H3;6-7,9-10H,2-5,8,11-17H2,1H3,(H,19,20)/b9-8-,12-11-;2*7-6-,10-9-/t30?,31?,32?,33?,34-,35-,36-,37-,38+,39-;;/m1../s1. The van der Waals surface area contributed by atoms with Crippen molar-refractivity contribution in [2.24, 2.45) is 0 Å². The zero-order valence-electron chi connectivity index (χ0n) is 60.7. The van der Waals surface area contributed by atoms with Crippen LogP contribution in [0.5, 0.6) is 0 Å². The number of aliphatic hydroxyl groups excluding tert-OH is 5. The van der Waals surface area contributed by atoms with Crippen LogP contribution < -0.4 is 5.32 Å². The second-order valence-corrected chi connectivity index (χ2v) is 24.4. The molecule has 2 aliphatic heterocycles. The molecule has 2 heterocycles. The minimum Gasteiger partial charge on any atom is -0.481 e. The highest BCUT2D eigenvalue weighted by atomic mass is 16.8. The van der Waals surface area contributed by atoms with E-state index in [4.69, 9.17) is 57.7 Å². The van der Waals surface area contributed by atoms with Gasteiger partial charge in [-0.1, -0.05) is 190 Å². The van der Waals surface area contributed by atoms with E-state index < -0.39 is 73.5 Å². The zero-order valence-corrected chi connectivity index (χ0v) is 60.7. The SMILES string of the molecule is CCCCC/C=C\C/C=C\CCCCCCCC(=O)O.CCCCC/C=C\C/C=C\CCCCCCCNC(=O)OCCOCC1O[C@H](OC)C(O)[C@@H](OCCO)[C@@H]1O[C@H]1OC(COCCO)[C@@H](OC)[C@H](OCCO)C1O.CCCCC/C=C\C/C=C\CCCCCCCOC#N. The predicted octanol–water partition coefficient (Wildman–Crippen LogP) is 13.9. The van der Waals surface area contributed by atoms with Crippen molar-refractivity contribution in [3.63, 3.8) is 0 Å². The molecule has 0 aliphatic carbocycles. The number of alkyl carbamates (subject to hydrolysis) is 1. The number of nitriles is 1. The zero-order chi connectivity index (χ0) is 71.1. The Morgan fingerprint density at radius 3 is 1.30 bits per heavy atom. The van der Waals surface area contributed by atoms with Crippen LogP contribution in [0.4, 0.5) is 4.79 Å². The average molecular weight is 1380 g/mol. The first-order valence-electron chi connectivity index (χ1n) is 37.2. The number of aliphatic carboxylic acids is 1. The minimum absolute atomic E-state index is 0.00543. The Bertz CT molecular complexity index is 1970. The highest BCUT2D eigenvalue weighted by molar-refractivity contribution is 5.67. The van der Waals surface area contributed by atoms with Gasteiger partial charge in [-0.25, -0.2) is 4.79 Å². The van der Waals surface area contributed by atoms with Crippen LogP contribution in [-0.4, -0.2) is 198 Å². The van der Waals surface area contributed by atoms with E-state index in [1.165, 1.54) is 143 Å². The Morgan fingerprint density at radius 2 is 0.856 bits per heavy atom. The van der Waals surface area contributed by atoms with Gasteiger partial charge >= 0.3 is 12.1 Å². The minimum atomic E-state index is -1.45. The number of ether oxygens (including phenoxy) is 11. The van der Waals surface area contributed by atoms with Crippen molar-refractivity contribution in [2.75, 3.05) is 93.4 Å². The van der Waals surface area contributed by atoms with Crippen molar-refractivity contribution in [2.45, 2.75) is 300 Å². The number of carbonyl (C=O) groups excluding carboxylic acids is 1. The second-order valence-electron chi connectivity index (χ2n) is 24.4. The van der Waals surface area contributed by atoms with Crippen molar-refractivity contribution in [3.8, 4) is 6.26 Å². The van der Waals surface area contributed by atoms with Gasteiger partial charge in [0.25, 0.3) is 6.26 Å². The molecule has 564 valence electrons. The normalized spacial score (nSPS) is 21.2. The lowest BCUT2D eigenvalue weighted by atomic mass is 9.96. The lowest BCUT2D eigenvalue weighted by Gasteiger charge is -2.48. The van der Waals surface area contributed by atoms with Gasteiger partial charge in [0, 0.05) is 27.2 Å². The summed E-state index contributed by atoms with van der Waals surface area (Å²) in [4.78, 5) is 22.6. The molecule has 0 aromatic rings. The van der Waals surface area contributed by atoms with E-state index >= 15 is 0 Å². The number of unbranched alkanes of at least 4 members (excludes halogenated alkanes) is 24. The van der Waals surface area contributed by atoms with Gasteiger partial charge in [0.1, 0.15) is 62.0 Å². The monoisotopic (exact) mass is 1380 g/mol. The summed E-state index contributed by atoms with van der Waals surface area (Å²) in [5.41, 5.74) is 0. The molecular weight excluding hydrogens is 1240 g/mol. The first-order chi connectivity index (χ1) is 47.5. The molecular formula is C76H136N2O19. The summed E-state index contributed by atoms with van der Waals surface area (Å²) in [6.45, 7) is 6.39. The first kappa shape index (κ1) is 92.9. The Hall–Kier alpha value is -4.09. The molecule has 7 N–H and O–H groups in total. The second kappa shape index (κ2) is 71.7. The van der Waals surface area contributed by atoms with E-state index in [1.54, 1.807) is 6.26 Å². The maximum Gasteiger partial charge on any atom is 0.407 e. The fraction of sp³-hybridized carbons (Fsp3) is 0.803. The molecule has 0 aromatic carbocycles. The lowest BCUT2D eigenvalue weighted by molar-refractivity contribution is -0.365. The van der Waals surface area contributed by atoms with Gasteiger partial charge in [-0.3, -0.25) is 4.79 Å². The van der Waals surface area contributed by atoms with E-state index in [0.29, 0.717) is 19.6 Å². The molecule has 2 aliphatic rings. The Balaban J connectivity index is 0.00000187. The predicted molar refractivity (Wildman–Crippen MR) is 382 cm³/mol. The summed E-state index contributed by atoms with van der Waals surface area (Å²) in [6, 6.07) is 0. The third-order valence-electron chi connectivity index (χ3n) is 16.1. The summed E-state index contributed by atoms with van der Waals surface area (Å²) in [5.74, 6) is -0.671. The largest absolute Gasteiger partial charge is 0.481 e. The maximum atomic E-state index is 12.2. The Labute approximate surface area is 585 Å². The number of nitrogens with one attached hydrogen (secondary N) is 1. The molecule has 97 heavy (non-hydrogen) atoms. The number of amides is 1. The van der Waals surface area contributed by atoms with Crippen molar-refractivity contribution in [1.29, 1.82) is 5.26 Å². The van der Waals surface area contributed by atoms with Gasteiger partial charge < -0.3 is 88.1 Å².